The van der Waals surface area contributed by atoms with E-state index in [0.29, 0.717) is 15.5 Å². The summed E-state index contributed by atoms with van der Waals surface area (Å²) in [6.45, 7) is 0.618. The average molecular weight is 357 g/mol. The van der Waals surface area contributed by atoms with Crippen molar-refractivity contribution in [2.24, 2.45) is 10.9 Å². The zero-order valence-corrected chi connectivity index (χ0v) is 11.9. The fourth-order valence-electron chi connectivity index (χ4n) is 1.17. The summed E-state index contributed by atoms with van der Waals surface area (Å²) in [4.78, 5) is 27.2. The predicted octanol–water partition coefficient (Wildman–Crippen LogP) is 0.897. The summed E-state index contributed by atoms with van der Waals surface area (Å²) in [6.07, 6.45) is 0. The molecule has 90 valence electrons. The second-order valence-electron chi connectivity index (χ2n) is 3.07. The molecule has 0 aliphatic carbocycles. The van der Waals surface area contributed by atoms with Crippen LogP contribution in [0.5, 0.6) is 0 Å². The first-order valence-electron chi connectivity index (χ1n) is 4.57. The van der Waals surface area contributed by atoms with E-state index in [2.05, 4.69) is 37.1 Å². The van der Waals surface area contributed by atoms with Crippen LogP contribution in [0.2, 0.25) is 0 Å². The van der Waals surface area contributed by atoms with Gasteiger partial charge in [-0.25, -0.2) is 0 Å². The van der Waals surface area contributed by atoms with Crippen molar-refractivity contribution in [1.29, 1.82) is 0 Å². The highest BCUT2D eigenvalue weighted by Crippen LogP contribution is 2.24. The van der Waals surface area contributed by atoms with E-state index in [-0.39, 0.29) is 0 Å². The molecule has 0 spiro atoms. The number of alkyl halides is 1. The molecule has 0 bridgehead atoms. The van der Waals surface area contributed by atoms with Crippen LogP contribution in [0, 0.1) is 5.92 Å². The summed E-state index contributed by atoms with van der Waals surface area (Å²) in [5.41, 5.74) is 0. The quantitative estimate of drug-likeness (QED) is 0.325. The Morgan fingerprint density at radius 2 is 2.00 bits per heavy atom. The van der Waals surface area contributed by atoms with E-state index in [4.69, 9.17) is 0 Å². The normalized spacial score (nSPS) is 20.2. The summed E-state index contributed by atoms with van der Waals surface area (Å²) in [5, 5.41) is 0.492. The smallest absolute Gasteiger partial charge is 0.326 e. The van der Waals surface area contributed by atoms with Gasteiger partial charge in [-0.1, -0.05) is 22.6 Å². The molecular formula is C9H12INO4S. The number of hydrogen-bond donors (Lipinski definition) is 0. The van der Waals surface area contributed by atoms with Crippen LogP contribution in [0.15, 0.2) is 4.99 Å². The highest BCUT2D eigenvalue weighted by molar-refractivity contribution is 14.1. The molecule has 0 amide bonds. The van der Waals surface area contributed by atoms with Crippen LogP contribution in [0.1, 0.15) is 0 Å². The number of aliphatic imine (C=N–C) groups is 1. The molecule has 0 fully saturated rings. The van der Waals surface area contributed by atoms with Crippen LogP contribution < -0.4 is 0 Å². The molecule has 16 heavy (non-hydrogen) atoms. The van der Waals surface area contributed by atoms with Gasteiger partial charge in [0.15, 0.2) is 0 Å². The fourth-order valence-corrected chi connectivity index (χ4v) is 2.89. The maximum atomic E-state index is 11.5. The predicted molar refractivity (Wildman–Crippen MR) is 70.1 cm³/mol. The molecule has 0 saturated heterocycles. The number of ether oxygens (including phenoxy) is 2. The molecule has 0 unspecified atom stereocenters. The van der Waals surface area contributed by atoms with Gasteiger partial charge in [-0.15, -0.1) is 11.8 Å². The Morgan fingerprint density at radius 1 is 1.44 bits per heavy atom. The molecule has 1 heterocycles. The van der Waals surface area contributed by atoms with E-state index in [1.54, 1.807) is 0 Å². The lowest BCUT2D eigenvalue weighted by molar-refractivity contribution is -0.154. The molecule has 0 radical (unpaired) electrons. The molecule has 0 aromatic rings. The van der Waals surface area contributed by atoms with Crippen LogP contribution in [-0.2, 0) is 19.1 Å². The van der Waals surface area contributed by atoms with Crippen LogP contribution >= 0.6 is 34.4 Å². The number of methoxy groups -OCH3 is 2. The van der Waals surface area contributed by atoms with Crippen molar-refractivity contribution < 1.29 is 19.1 Å². The SMILES string of the molecule is COC(=O)C(C(=O)OC)C1=NC[C@@H](I)CS1. The Hall–Kier alpha value is -0.310. The summed E-state index contributed by atoms with van der Waals surface area (Å²) in [5.74, 6) is -1.43. The Kier molecular flexibility index (Phi) is 5.53. The van der Waals surface area contributed by atoms with E-state index in [0.717, 1.165) is 5.75 Å². The molecule has 1 rings (SSSR count). The minimum atomic E-state index is -1.02. The topological polar surface area (TPSA) is 65.0 Å². The zero-order chi connectivity index (χ0) is 12.1. The van der Waals surface area contributed by atoms with E-state index in [9.17, 15) is 9.59 Å². The van der Waals surface area contributed by atoms with Gasteiger partial charge in [0.2, 0.25) is 5.92 Å². The average Bonchev–Trinajstić information content (AvgIpc) is 2.31. The molecule has 0 N–H and O–H groups in total. The molecule has 1 aliphatic heterocycles. The lowest BCUT2D eigenvalue weighted by Crippen LogP contribution is -2.34. The maximum Gasteiger partial charge on any atom is 0.326 e. The summed E-state index contributed by atoms with van der Waals surface area (Å²) in [7, 11) is 2.49. The number of rotatable bonds is 3. The minimum Gasteiger partial charge on any atom is -0.468 e. The second-order valence-corrected chi connectivity index (χ2v) is 5.87. The van der Waals surface area contributed by atoms with Crippen LogP contribution in [0.25, 0.3) is 0 Å². The van der Waals surface area contributed by atoms with Crippen molar-refractivity contribution >= 4 is 51.3 Å². The van der Waals surface area contributed by atoms with Gasteiger partial charge in [-0.3, -0.25) is 14.6 Å². The molecule has 0 aromatic heterocycles. The number of nitrogens with zero attached hydrogens (tertiary/aromatic N) is 1. The fraction of sp³-hybridized carbons (Fsp3) is 0.667. The highest BCUT2D eigenvalue weighted by atomic mass is 127. The lowest BCUT2D eigenvalue weighted by atomic mass is 10.1. The van der Waals surface area contributed by atoms with Crippen molar-refractivity contribution in [2.75, 3.05) is 26.5 Å². The van der Waals surface area contributed by atoms with E-state index >= 15 is 0 Å². The van der Waals surface area contributed by atoms with Crippen LogP contribution in [0.4, 0.5) is 0 Å². The third-order valence-electron chi connectivity index (χ3n) is 1.98. The number of halogens is 1. The van der Waals surface area contributed by atoms with Crippen molar-refractivity contribution in [3.05, 3.63) is 0 Å². The largest absolute Gasteiger partial charge is 0.468 e. The highest BCUT2D eigenvalue weighted by Gasteiger charge is 2.35. The van der Waals surface area contributed by atoms with Gasteiger partial charge in [-0.05, 0) is 0 Å². The molecule has 1 aliphatic rings. The maximum absolute atomic E-state index is 11.5. The number of thioether (sulfide) groups is 1. The van der Waals surface area contributed by atoms with Gasteiger partial charge in [0.25, 0.3) is 0 Å². The van der Waals surface area contributed by atoms with Gasteiger partial charge in [-0.2, -0.15) is 0 Å². The van der Waals surface area contributed by atoms with E-state index in [1.165, 1.54) is 26.0 Å². The summed E-state index contributed by atoms with van der Waals surface area (Å²) >= 11 is 3.69. The van der Waals surface area contributed by atoms with Gasteiger partial charge < -0.3 is 9.47 Å². The summed E-state index contributed by atoms with van der Waals surface area (Å²) < 4.78 is 9.59. The lowest BCUT2D eigenvalue weighted by Gasteiger charge is -2.20. The number of hydrogen-bond acceptors (Lipinski definition) is 6. The van der Waals surface area contributed by atoms with Crippen molar-refractivity contribution in [1.82, 2.24) is 0 Å². The Balaban J connectivity index is 2.85. The number of carbonyl (C=O) groups excluding carboxylic acids is 2. The molecular weight excluding hydrogens is 345 g/mol. The van der Waals surface area contributed by atoms with Crippen LogP contribution in [0.3, 0.4) is 0 Å². The first-order valence-corrected chi connectivity index (χ1v) is 6.80. The molecule has 0 aromatic carbocycles. The van der Waals surface area contributed by atoms with E-state index < -0.39 is 17.9 Å². The first-order chi connectivity index (χ1) is 7.60. The van der Waals surface area contributed by atoms with Crippen molar-refractivity contribution in [3.63, 3.8) is 0 Å². The Bertz CT molecular complexity index is 305. The Labute approximate surface area is 111 Å². The third-order valence-corrected chi connectivity index (χ3v) is 4.64. The van der Waals surface area contributed by atoms with Gasteiger partial charge in [0, 0.05) is 9.68 Å². The van der Waals surface area contributed by atoms with Gasteiger partial charge in [0.05, 0.1) is 25.8 Å². The van der Waals surface area contributed by atoms with Gasteiger partial charge >= 0.3 is 11.9 Å². The van der Waals surface area contributed by atoms with Crippen molar-refractivity contribution in [2.45, 2.75) is 3.92 Å². The molecule has 0 saturated carbocycles. The zero-order valence-electron chi connectivity index (χ0n) is 8.94. The number of esters is 2. The monoisotopic (exact) mass is 357 g/mol. The Morgan fingerprint density at radius 3 is 2.38 bits per heavy atom. The molecule has 1 atom stereocenters. The third kappa shape index (κ3) is 3.34. The number of carbonyl (C=O) groups is 2. The first kappa shape index (κ1) is 13.8. The van der Waals surface area contributed by atoms with Crippen LogP contribution in [-0.4, -0.2) is 47.4 Å². The molecule has 7 heteroatoms. The van der Waals surface area contributed by atoms with Gasteiger partial charge in [0.1, 0.15) is 0 Å². The molecule has 5 nitrogen and oxygen atoms in total. The second kappa shape index (κ2) is 6.43. The standard InChI is InChI=1S/C9H12INO4S/c1-14-8(12)6(9(13)15-2)7-11-3-5(10)4-16-7/h5-6H,3-4H2,1-2H3/t5-/m1/s1. The van der Waals surface area contributed by atoms with Crippen molar-refractivity contribution in [3.8, 4) is 0 Å². The summed E-state index contributed by atoms with van der Waals surface area (Å²) in [6, 6.07) is 0. The minimum absolute atomic E-state index is 0.433. The van der Waals surface area contributed by atoms with E-state index in [1.807, 2.05) is 0 Å².